The maximum absolute atomic E-state index is 14.6. The van der Waals surface area contributed by atoms with E-state index in [0.717, 1.165) is 27.3 Å². The maximum Gasteiger partial charge on any atom is 0.164 e. The van der Waals surface area contributed by atoms with Crippen LogP contribution in [0.2, 0.25) is 0 Å². The van der Waals surface area contributed by atoms with Gasteiger partial charge in [-0.1, -0.05) is 121 Å². The Morgan fingerprint density at radius 3 is 1.48 bits per heavy atom. The number of hydrogen-bond acceptors (Lipinski definition) is 1. The summed E-state index contributed by atoms with van der Waals surface area (Å²) in [6.07, 6.45) is 0. The highest BCUT2D eigenvalue weighted by Crippen LogP contribution is 2.48. The van der Waals surface area contributed by atoms with Crippen LogP contribution in [0.3, 0.4) is 0 Å². The van der Waals surface area contributed by atoms with Gasteiger partial charge in [-0.25, -0.2) is 0 Å². The zero-order valence-electron chi connectivity index (χ0n) is 16.4. The molecule has 0 atom stereocenters. The van der Waals surface area contributed by atoms with Crippen LogP contribution in [0.1, 0.15) is 16.7 Å². The van der Waals surface area contributed by atoms with Gasteiger partial charge in [0.15, 0.2) is 7.14 Å². The molecule has 0 spiro atoms. The molecular formula is C27H23OP. The smallest absolute Gasteiger partial charge is 0.164 e. The summed E-state index contributed by atoms with van der Waals surface area (Å²) in [5.74, 6) is 1.98. The summed E-state index contributed by atoms with van der Waals surface area (Å²) in [4.78, 5) is 0. The predicted molar refractivity (Wildman–Crippen MR) is 124 cm³/mol. The zero-order chi connectivity index (χ0) is 20.1. The third-order valence-electron chi connectivity index (χ3n) is 5.04. The van der Waals surface area contributed by atoms with Gasteiger partial charge >= 0.3 is 0 Å². The van der Waals surface area contributed by atoms with Crippen molar-refractivity contribution in [2.45, 2.75) is 6.92 Å². The van der Waals surface area contributed by atoms with Crippen molar-refractivity contribution in [3.05, 3.63) is 138 Å². The first-order chi connectivity index (χ1) is 14.2. The van der Waals surface area contributed by atoms with Gasteiger partial charge in [0.05, 0.1) is 0 Å². The predicted octanol–water partition coefficient (Wildman–Crippen LogP) is 6.40. The van der Waals surface area contributed by atoms with Crippen molar-refractivity contribution in [2.24, 2.45) is 0 Å². The Kier molecular flexibility index (Phi) is 5.60. The van der Waals surface area contributed by atoms with Crippen LogP contribution in [0.5, 0.6) is 0 Å². The lowest BCUT2D eigenvalue weighted by atomic mass is 9.99. The molecule has 0 aliphatic rings. The minimum absolute atomic E-state index is 0.840. The van der Waals surface area contributed by atoms with Crippen LogP contribution in [-0.4, -0.2) is 0 Å². The van der Waals surface area contributed by atoms with Gasteiger partial charge in [0, 0.05) is 10.6 Å². The molecule has 0 fully saturated rings. The Labute approximate surface area is 172 Å². The SMILES string of the molecule is Cc1ccc(/C(=C/P(=O)(c2ccccc2)c2ccccc2)c2ccccc2)cc1. The summed E-state index contributed by atoms with van der Waals surface area (Å²) in [5.41, 5.74) is 4.31. The highest BCUT2D eigenvalue weighted by Gasteiger charge is 2.26. The number of benzene rings is 4. The molecular weight excluding hydrogens is 371 g/mol. The van der Waals surface area contributed by atoms with E-state index in [-0.39, 0.29) is 0 Å². The van der Waals surface area contributed by atoms with E-state index in [4.69, 9.17) is 0 Å². The van der Waals surface area contributed by atoms with Crippen LogP contribution in [0.4, 0.5) is 0 Å². The van der Waals surface area contributed by atoms with E-state index >= 15 is 0 Å². The highest BCUT2D eigenvalue weighted by molar-refractivity contribution is 7.81. The maximum atomic E-state index is 14.6. The summed E-state index contributed by atoms with van der Waals surface area (Å²) in [5, 5.41) is 1.68. The monoisotopic (exact) mass is 394 g/mol. The average Bonchev–Trinajstić information content (AvgIpc) is 2.80. The standard InChI is InChI=1S/C27H23OP/c1-22-17-19-24(20-18-22)27(23-11-5-2-6-12-23)21-29(28,25-13-7-3-8-14-25)26-15-9-4-10-16-26/h2-21H,1H3/b27-21+. The molecule has 0 bridgehead atoms. The fourth-order valence-electron chi connectivity index (χ4n) is 3.45. The summed E-state index contributed by atoms with van der Waals surface area (Å²) in [6.45, 7) is 2.08. The molecule has 0 radical (unpaired) electrons. The molecule has 4 rings (SSSR count). The molecule has 4 aromatic rings. The Bertz CT molecular complexity index is 1100. The molecule has 4 aromatic carbocycles. The Balaban J connectivity index is 1.98. The Morgan fingerprint density at radius 1 is 0.586 bits per heavy atom. The van der Waals surface area contributed by atoms with Gasteiger partial charge in [-0.2, -0.15) is 0 Å². The van der Waals surface area contributed by atoms with E-state index in [0.29, 0.717) is 0 Å². The topological polar surface area (TPSA) is 17.1 Å². The Morgan fingerprint density at radius 2 is 1.00 bits per heavy atom. The van der Waals surface area contributed by atoms with E-state index in [1.54, 1.807) is 0 Å². The van der Waals surface area contributed by atoms with Crippen LogP contribution in [0.15, 0.2) is 121 Å². The van der Waals surface area contributed by atoms with E-state index < -0.39 is 7.14 Å². The third kappa shape index (κ3) is 4.16. The number of rotatable bonds is 5. The molecule has 0 N–H and O–H groups in total. The molecule has 0 saturated carbocycles. The molecule has 0 aliphatic heterocycles. The van der Waals surface area contributed by atoms with Crippen molar-refractivity contribution in [3.8, 4) is 0 Å². The quantitative estimate of drug-likeness (QED) is 0.358. The van der Waals surface area contributed by atoms with E-state index in [9.17, 15) is 4.57 Å². The van der Waals surface area contributed by atoms with Gasteiger partial charge in [0.25, 0.3) is 0 Å². The first-order valence-electron chi connectivity index (χ1n) is 9.73. The number of aryl methyl sites for hydroxylation is 1. The van der Waals surface area contributed by atoms with E-state index in [2.05, 4.69) is 43.3 Å². The first kappa shape index (κ1) is 19.2. The molecule has 0 saturated heterocycles. The Hall–Kier alpha value is -3.15. The second-order valence-electron chi connectivity index (χ2n) is 7.10. The van der Waals surface area contributed by atoms with Crippen LogP contribution < -0.4 is 10.6 Å². The van der Waals surface area contributed by atoms with Crippen LogP contribution in [0, 0.1) is 6.92 Å². The molecule has 1 nitrogen and oxygen atoms in total. The first-order valence-corrected chi connectivity index (χ1v) is 11.5. The molecule has 0 unspecified atom stereocenters. The fourth-order valence-corrected chi connectivity index (χ4v) is 5.93. The molecule has 0 amide bonds. The van der Waals surface area contributed by atoms with Crippen LogP contribution >= 0.6 is 7.14 Å². The third-order valence-corrected chi connectivity index (χ3v) is 7.79. The number of hydrogen-bond donors (Lipinski definition) is 0. The lowest BCUT2D eigenvalue weighted by molar-refractivity contribution is 0.592. The normalized spacial score (nSPS) is 12.0. The fraction of sp³-hybridized carbons (Fsp3) is 0.0370. The van der Waals surface area contributed by atoms with Crippen LogP contribution in [-0.2, 0) is 4.57 Å². The summed E-state index contributed by atoms with van der Waals surface area (Å²) in [7, 11) is -2.99. The van der Waals surface area contributed by atoms with Crippen molar-refractivity contribution in [2.75, 3.05) is 0 Å². The van der Waals surface area contributed by atoms with Gasteiger partial charge in [-0.3, -0.25) is 0 Å². The second kappa shape index (κ2) is 8.47. The zero-order valence-corrected chi connectivity index (χ0v) is 17.3. The highest BCUT2D eigenvalue weighted by atomic mass is 31.2. The molecule has 0 heterocycles. The average molecular weight is 394 g/mol. The van der Waals surface area contributed by atoms with Crippen molar-refractivity contribution in [1.29, 1.82) is 0 Å². The lowest BCUT2D eigenvalue weighted by Crippen LogP contribution is -2.14. The summed E-state index contributed by atoms with van der Waals surface area (Å²) < 4.78 is 14.6. The summed E-state index contributed by atoms with van der Waals surface area (Å²) in [6, 6.07) is 38.2. The van der Waals surface area contributed by atoms with Crippen molar-refractivity contribution in [1.82, 2.24) is 0 Å². The van der Waals surface area contributed by atoms with Crippen molar-refractivity contribution < 1.29 is 4.57 Å². The van der Waals surface area contributed by atoms with Gasteiger partial charge in [0.2, 0.25) is 0 Å². The van der Waals surface area contributed by atoms with Gasteiger partial charge < -0.3 is 4.57 Å². The minimum Gasteiger partial charge on any atom is -0.309 e. The van der Waals surface area contributed by atoms with Crippen LogP contribution in [0.25, 0.3) is 5.57 Å². The molecule has 29 heavy (non-hydrogen) atoms. The molecule has 2 heteroatoms. The molecule has 0 aliphatic carbocycles. The van der Waals surface area contributed by atoms with E-state index in [1.165, 1.54) is 5.56 Å². The van der Waals surface area contributed by atoms with E-state index in [1.807, 2.05) is 84.7 Å². The van der Waals surface area contributed by atoms with Crippen molar-refractivity contribution >= 4 is 23.3 Å². The largest absolute Gasteiger partial charge is 0.309 e. The van der Waals surface area contributed by atoms with Crippen molar-refractivity contribution in [3.63, 3.8) is 0 Å². The molecule has 142 valence electrons. The van der Waals surface area contributed by atoms with Gasteiger partial charge in [-0.05, 0) is 29.4 Å². The molecule has 0 aromatic heterocycles. The lowest BCUT2D eigenvalue weighted by Gasteiger charge is -2.19. The van der Waals surface area contributed by atoms with Gasteiger partial charge in [0.1, 0.15) is 0 Å². The van der Waals surface area contributed by atoms with Gasteiger partial charge in [-0.15, -0.1) is 0 Å². The summed E-state index contributed by atoms with van der Waals surface area (Å²) >= 11 is 0. The second-order valence-corrected chi connectivity index (χ2v) is 9.71. The minimum atomic E-state index is -2.99.